The molecule has 0 aliphatic carbocycles. The fraction of sp³-hybridized carbons (Fsp3) is 0.250. The largest absolute Gasteiger partial charge is 0.433 e. The average molecular weight is 588 g/mol. The summed E-state index contributed by atoms with van der Waals surface area (Å²) in [5.41, 5.74) is -3.16. The van der Waals surface area contributed by atoms with Crippen LogP contribution >= 0.6 is 11.3 Å². The van der Waals surface area contributed by atoms with E-state index in [1.165, 1.54) is 18.2 Å². The quantitative estimate of drug-likeness (QED) is 0.261. The maximum Gasteiger partial charge on any atom is 0.433 e. The van der Waals surface area contributed by atoms with Crippen molar-refractivity contribution in [1.82, 2.24) is 24.2 Å². The molecule has 3 aromatic heterocycles. The molecule has 39 heavy (non-hydrogen) atoms. The van der Waals surface area contributed by atoms with Crippen molar-refractivity contribution < 1.29 is 34.8 Å². The van der Waals surface area contributed by atoms with Crippen molar-refractivity contribution in [2.45, 2.75) is 16.6 Å². The molecule has 0 amide bonds. The third kappa shape index (κ3) is 6.59. The number of nitrogens with zero attached hydrogens (tertiary/aromatic N) is 4. The van der Waals surface area contributed by atoms with E-state index in [0.29, 0.717) is 28.1 Å². The number of benzene rings is 1. The van der Waals surface area contributed by atoms with Crippen LogP contribution in [0.4, 0.5) is 26.3 Å². The molecule has 0 unspecified atom stereocenters. The number of aromatic nitrogens is 3. The third-order valence-electron chi connectivity index (χ3n) is 5.27. The first-order valence-corrected chi connectivity index (χ1v) is 13.3. The standard InChI is InChI=1S/C24H19F6N5O2S2/c1-34(2)11-10-32-39(36,37)21-9-8-18(38-21)7-6-16-14-31-35-20(24(28,29)30)13-19(33-22(16)35)15-4-3-5-17(12-15)23(25,26)27/h3-5,8-9,12-14,32H,10-11H2,1-2H3. The number of halogens is 6. The molecule has 0 saturated carbocycles. The molecule has 7 nitrogen and oxygen atoms in total. The zero-order valence-electron chi connectivity index (χ0n) is 20.2. The summed E-state index contributed by atoms with van der Waals surface area (Å²) in [4.78, 5) is 6.25. The lowest BCUT2D eigenvalue weighted by molar-refractivity contribution is -0.142. The van der Waals surface area contributed by atoms with Crippen LogP contribution in [0.25, 0.3) is 16.9 Å². The van der Waals surface area contributed by atoms with Gasteiger partial charge < -0.3 is 4.90 Å². The fourth-order valence-electron chi connectivity index (χ4n) is 3.39. The Labute approximate surface area is 223 Å². The van der Waals surface area contributed by atoms with Crippen molar-refractivity contribution >= 4 is 27.0 Å². The van der Waals surface area contributed by atoms with Gasteiger partial charge in [-0.1, -0.05) is 24.0 Å². The summed E-state index contributed by atoms with van der Waals surface area (Å²) in [5, 5.41) is 3.73. The molecular formula is C24H19F6N5O2S2. The minimum atomic E-state index is -4.90. The number of likely N-dealkylation sites (N-methyl/N-ethyl adjacent to an activating group) is 1. The van der Waals surface area contributed by atoms with Crippen molar-refractivity contribution in [3.05, 3.63) is 70.4 Å². The molecular weight excluding hydrogens is 568 g/mol. The van der Waals surface area contributed by atoms with Gasteiger partial charge in [0.05, 0.1) is 27.9 Å². The molecule has 3 heterocycles. The number of hydrogen-bond acceptors (Lipinski definition) is 6. The summed E-state index contributed by atoms with van der Waals surface area (Å²) >= 11 is 0.865. The van der Waals surface area contributed by atoms with Gasteiger partial charge in [0.15, 0.2) is 11.3 Å². The fourth-order valence-corrected chi connectivity index (χ4v) is 5.62. The summed E-state index contributed by atoms with van der Waals surface area (Å²) in [6.45, 7) is 0.680. The van der Waals surface area contributed by atoms with Gasteiger partial charge >= 0.3 is 12.4 Å². The van der Waals surface area contributed by atoms with E-state index < -0.39 is 33.6 Å². The molecule has 206 valence electrons. The van der Waals surface area contributed by atoms with Gasteiger partial charge in [-0.15, -0.1) is 11.3 Å². The van der Waals surface area contributed by atoms with Gasteiger partial charge in [-0.2, -0.15) is 31.4 Å². The van der Waals surface area contributed by atoms with E-state index in [1.807, 2.05) is 0 Å². The SMILES string of the molecule is CN(C)CCNS(=O)(=O)c1ccc(C#Cc2cnn3c(C(F)(F)F)cc(-c4cccc(C(F)(F)F)c4)nc23)s1. The lowest BCUT2D eigenvalue weighted by atomic mass is 10.1. The Bertz CT molecular complexity index is 1680. The Balaban J connectivity index is 1.73. The van der Waals surface area contributed by atoms with Crippen LogP contribution in [0.2, 0.25) is 0 Å². The number of hydrogen-bond donors (Lipinski definition) is 1. The van der Waals surface area contributed by atoms with Crippen molar-refractivity contribution in [3.8, 4) is 23.1 Å². The van der Waals surface area contributed by atoms with Gasteiger partial charge in [0.1, 0.15) is 4.21 Å². The second-order valence-electron chi connectivity index (χ2n) is 8.47. The van der Waals surface area contributed by atoms with E-state index in [9.17, 15) is 34.8 Å². The highest BCUT2D eigenvalue weighted by Gasteiger charge is 2.36. The topological polar surface area (TPSA) is 79.6 Å². The predicted molar refractivity (Wildman–Crippen MR) is 132 cm³/mol. The van der Waals surface area contributed by atoms with Crippen LogP contribution in [-0.4, -0.2) is 55.1 Å². The number of nitrogens with one attached hydrogen (secondary N) is 1. The van der Waals surface area contributed by atoms with E-state index in [0.717, 1.165) is 29.7 Å². The Morgan fingerprint density at radius 3 is 2.44 bits per heavy atom. The monoisotopic (exact) mass is 587 g/mol. The smallest absolute Gasteiger partial charge is 0.308 e. The molecule has 0 saturated heterocycles. The third-order valence-corrected chi connectivity index (χ3v) is 8.22. The highest BCUT2D eigenvalue weighted by atomic mass is 32.2. The summed E-state index contributed by atoms with van der Waals surface area (Å²) in [7, 11) is -0.185. The molecule has 0 fully saturated rings. The minimum absolute atomic E-state index is 0.00901. The van der Waals surface area contributed by atoms with E-state index >= 15 is 0 Å². The molecule has 0 aliphatic heterocycles. The van der Waals surface area contributed by atoms with Crippen molar-refractivity contribution in [1.29, 1.82) is 0 Å². The van der Waals surface area contributed by atoms with Crippen LogP contribution in [0.5, 0.6) is 0 Å². The highest BCUT2D eigenvalue weighted by molar-refractivity contribution is 7.91. The van der Waals surface area contributed by atoms with Crippen LogP contribution in [0.3, 0.4) is 0 Å². The predicted octanol–water partition coefficient (Wildman–Crippen LogP) is 4.74. The maximum atomic E-state index is 13.8. The summed E-state index contributed by atoms with van der Waals surface area (Å²) in [5.74, 6) is 5.34. The van der Waals surface area contributed by atoms with Crippen LogP contribution in [0.1, 0.15) is 21.7 Å². The number of alkyl halides is 6. The second-order valence-corrected chi connectivity index (χ2v) is 11.5. The average Bonchev–Trinajstić information content (AvgIpc) is 3.48. The van der Waals surface area contributed by atoms with Gasteiger partial charge in [0.25, 0.3) is 0 Å². The zero-order valence-corrected chi connectivity index (χ0v) is 21.9. The first-order valence-electron chi connectivity index (χ1n) is 11.0. The first kappa shape index (κ1) is 28.6. The Kier molecular flexibility index (Phi) is 7.77. The number of fused-ring (bicyclic) bond motifs is 1. The van der Waals surface area contributed by atoms with Gasteiger partial charge in [-0.3, -0.25) is 0 Å². The van der Waals surface area contributed by atoms with Crippen LogP contribution in [0, 0.1) is 11.8 Å². The van der Waals surface area contributed by atoms with Crippen LogP contribution in [0.15, 0.2) is 52.9 Å². The van der Waals surface area contributed by atoms with Crippen LogP contribution in [-0.2, 0) is 22.4 Å². The molecule has 1 N–H and O–H groups in total. The first-order chi connectivity index (χ1) is 18.1. The number of rotatable bonds is 6. The van der Waals surface area contributed by atoms with E-state index in [-0.39, 0.29) is 33.2 Å². The molecule has 0 spiro atoms. The second kappa shape index (κ2) is 10.6. The lowest BCUT2D eigenvalue weighted by Crippen LogP contribution is -2.30. The van der Waals surface area contributed by atoms with E-state index in [4.69, 9.17) is 0 Å². The molecule has 0 radical (unpaired) electrons. The number of thiophene rings is 1. The molecule has 15 heteroatoms. The minimum Gasteiger partial charge on any atom is -0.308 e. The molecule has 0 aliphatic rings. The molecule has 4 rings (SSSR count). The van der Waals surface area contributed by atoms with Gasteiger partial charge in [-0.25, -0.2) is 22.6 Å². The molecule has 0 bridgehead atoms. The van der Waals surface area contributed by atoms with Crippen LogP contribution < -0.4 is 4.72 Å². The molecule has 4 aromatic rings. The molecule has 1 aromatic carbocycles. The molecule has 0 atom stereocenters. The Hall–Kier alpha value is -3.45. The zero-order chi connectivity index (χ0) is 28.6. The number of sulfonamides is 1. The van der Waals surface area contributed by atoms with Gasteiger partial charge in [0.2, 0.25) is 10.0 Å². The van der Waals surface area contributed by atoms with E-state index in [2.05, 4.69) is 26.6 Å². The van der Waals surface area contributed by atoms with E-state index in [1.54, 1.807) is 19.0 Å². The normalized spacial score (nSPS) is 12.6. The maximum absolute atomic E-state index is 13.8. The Morgan fingerprint density at radius 1 is 1.03 bits per heavy atom. The Morgan fingerprint density at radius 2 is 1.77 bits per heavy atom. The van der Waals surface area contributed by atoms with Crippen molar-refractivity contribution in [3.63, 3.8) is 0 Å². The summed E-state index contributed by atoms with van der Waals surface area (Å²) in [6.07, 6.45) is -8.55. The summed E-state index contributed by atoms with van der Waals surface area (Å²) < 4.78 is 109. The lowest BCUT2D eigenvalue weighted by Gasteiger charge is -2.12. The highest BCUT2D eigenvalue weighted by Crippen LogP contribution is 2.35. The van der Waals surface area contributed by atoms with Crippen molar-refractivity contribution in [2.75, 3.05) is 27.2 Å². The van der Waals surface area contributed by atoms with Gasteiger partial charge in [-0.05, 0) is 44.4 Å². The van der Waals surface area contributed by atoms with Gasteiger partial charge in [0, 0.05) is 18.7 Å². The summed E-state index contributed by atoms with van der Waals surface area (Å²) in [6, 6.07) is 7.23. The van der Waals surface area contributed by atoms with Crippen molar-refractivity contribution in [2.24, 2.45) is 0 Å².